The zero-order valence-corrected chi connectivity index (χ0v) is 12.2. The van der Waals surface area contributed by atoms with E-state index in [0.29, 0.717) is 0 Å². The molecule has 0 radical (unpaired) electrons. The molecule has 0 aromatic carbocycles. The van der Waals surface area contributed by atoms with Crippen LogP contribution in [0.2, 0.25) is 0 Å². The van der Waals surface area contributed by atoms with Crippen molar-refractivity contribution in [1.29, 1.82) is 0 Å². The molecule has 0 aromatic rings. The van der Waals surface area contributed by atoms with Gasteiger partial charge in [-0.2, -0.15) is 0 Å². The fraction of sp³-hybridized carbons (Fsp3) is 1.00. The second kappa shape index (κ2) is 21.2. The smallest absolute Gasteiger partial charge is 0.0402 e. The molecule has 0 bridgehead atoms. The molecular formula is C15H35NO. The lowest BCUT2D eigenvalue weighted by Gasteiger charge is -2.01. The second-order valence-electron chi connectivity index (χ2n) is 4.64. The predicted molar refractivity (Wildman–Crippen MR) is 78.3 cm³/mol. The summed E-state index contributed by atoms with van der Waals surface area (Å²) in [6.45, 7) is 5.08. The molecule has 0 saturated carbocycles. The molecule has 106 valence electrons. The van der Waals surface area contributed by atoms with Crippen molar-refractivity contribution in [3.8, 4) is 0 Å². The lowest BCUT2D eigenvalue weighted by Crippen LogP contribution is -1.97. The monoisotopic (exact) mass is 245 g/mol. The Hall–Kier alpha value is -0.0800. The van der Waals surface area contributed by atoms with Crippen molar-refractivity contribution in [1.82, 2.24) is 0 Å². The summed E-state index contributed by atoms with van der Waals surface area (Å²) in [6, 6.07) is 0. The maximum atomic E-state index is 7.57. The Balaban J connectivity index is 0. The largest absolute Gasteiger partial charge is 0.397 e. The highest BCUT2D eigenvalue weighted by Gasteiger charge is 1.91. The van der Waals surface area contributed by atoms with Crippen molar-refractivity contribution in [3.05, 3.63) is 0 Å². The molecule has 0 rings (SSSR count). The van der Waals surface area contributed by atoms with E-state index in [2.05, 4.69) is 6.92 Å². The number of nitrogens with two attached hydrogens (primary N) is 1. The van der Waals surface area contributed by atoms with Gasteiger partial charge < -0.3 is 10.8 Å². The summed E-state index contributed by atoms with van der Waals surface area (Å²) in [7, 11) is 0. The Bertz CT molecular complexity index is 95.1. The van der Waals surface area contributed by atoms with Crippen LogP contribution in [0.3, 0.4) is 0 Å². The van der Waals surface area contributed by atoms with Crippen molar-refractivity contribution in [2.75, 3.05) is 13.2 Å². The minimum atomic E-state index is 0.250. The van der Waals surface area contributed by atoms with Crippen LogP contribution in [0.1, 0.15) is 84.5 Å². The zero-order chi connectivity index (χ0) is 13.2. The summed E-state index contributed by atoms with van der Waals surface area (Å²) in [6.07, 6.45) is 15.4. The Morgan fingerprint density at radius 3 is 1.24 bits per heavy atom. The molecule has 0 aliphatic heterocycles. The van der Waals surface area contributed by atoms with Crippen LogP contribution in [-0.4, -0.2) is 18.3 Å². The van der Waals surface area contributed by atoms with Gasteiger partial charge in [-0.1, -0.05) is 71.1 Å². The van der Waals surface area contributed by atoms with Crippen LogP contribution in [0.5, 0.6) is 0 Å². The van der Waals surface area contributed by atoms with Crippen molar-refractivity contribution in [2.45, 2.75) is 84.5 Å². The van der Waals surface area contributed by atoms with Crippen molar-refractivity contribution in [3.63, 3.8) is 0 Å². The molecule has 0 aliphatic rings. The minimum absolute atomic E-state index is 0.250. The van der Waals surface area contributed by atoms with E-state index in [1.165, 1.54) is 70.6 Å². The van der Waals surface area contributed by atoms with E-state index < -0.39 is 0 Å². The Morgan fingerprint density at radius 1 is 0.647 bits per heavy atom. The lowest BCUT2D eigenvalue weighted by molar-refractivity contribution is 0.318. The molecule has 0 unspecified atom stereocenters. The highest BCUT2D eigenvalue weighted by molar-refractivity contribution is 4.47. The van der Waals surface area contributed by atoms with Crippen LogP contribution in [0.4, 0.5) is 0 Å². The van der Waals surface area contributed by atoms with Gasteiger partial charge in [0.1, 0.15) is 0 Å². The summed E-state index contributed by atoms with van der Waals surface area (Å²) in [5.41, 5.74) is 5.44. The van der Waals surface area contributed by atoms with Gasteiger partial charge in [-0.3, -0.25) is 0 Å². The number of aliphatic hydroxyl groups is 1. The van der Waals surface area contributed by atoms with E-state index in [9.17, 15) is 0 Å². The molecule has 3 N–H and O–H groups in total. The van der Waals surface area contributed by atoms with E-state index >= 15 is 0 Å². The highest BCUT2D eigenvalue weighted by Crippen LogP contribution is 2.10. The van der Waals surface area contributed by atoms with Crippen molar-refractivity contribution >= 4 is 0 Å². The standard InChI is InChI=1S/C13H29N.C2H6O/c1-2-3-4-5-6-7-8-9-10-11-12-13-14;1-2-3/h2-14H2,1H3;3H,2H2,1H3. The lowest BCUT2D eigenvalue weighted by atomic mass is 10.1. The van der Waals surface area contributed by atoms with Gasteiger partial charge in [-0.05, 0) is 19.9 Å². The number of hydrogen-bond acceptors (Lipinski definition) is 2. The Labute approximate surface area is 109 Å². The normalized spacial score (nSPS) is 9.88. The third kappa shape index (κ3) is 25.9. The second-order valence-corrected chi connectivity index (χ2v) is 4.64. The molecule has 17 heavy (non-hydrogen) atoms. The van der Waals surface area contributed by atoms with Crippen LogP contribution >= 0.6 is 0 Å². The van der Waals surface area contributed by atoms with Crippen molar-refractivity contribution < 1.29 is 5.11 Å². The molecule has 0 amide bonds. The minimum Gasteiger partial charge on any atom is -0.397 e. The van der Waals surface area contributed by atoms with Gasteiger partial charge in [0.05, 0.1) is 0 Å². The fourth-order valence-corrected chi connectivity index (χ4v) is 1.81. The first-order valence-electron chi connectivity index (χ1n) is 7.64. The summed E-state index contributed by atoms with van der Waals surface area (Å²) < 4.78 is 0. The van der Waals surface area contributed by atoms with Gasteiger partial charge in [0.15, 0.2) is 0 Å². The van der Waals surface area contributed by atoms with E-state index in [4.69, 9.17) is 10.8 Å². The summed E-state index contributed by atoms with van der Waals surface area (Å²) in [4.78, 5) is 0. The molecule has 2 heteroatoms. The van der Waals surface area contributed by atoms with Crippen LogP contribution in [-0.2, 0) is 0 Å². The van der Waals surface area contributed by atoms with Gasteiger partial charge in [0.2, 0.25) is 0 Å². The van der Waals surface area contributed by atoms with Crippen LogP contribution < -0.4 is 5.73 Å². The topological polar surface area (TPSA) is 46.2 Å². The number of unbranched alkanes of at least 4 members (excludes halogenated alkanes) is 10. The van der Waals surface area contributed by atoms with E-state index in [-0.39, 0.29) is 6.61 Å². The van der Waals surface area contributed by atoms with E-state index in [1.54, 1.807) is 6.92 Å². The van der Waals surface area contributed by atoms with E-state index in [0.717, 1.165) is 6.54 Å². The van der Waals surface area contributed by atoms with Crippen LogP contribution in [0.25, 0.3) is 0 Å². The molecular weight excluding hydrogens is 210 g/mol. The van der Waals surface area contributed by atoms with Gasteiger partial charge in [-0.25, -0.2) is 0 Å². The molecule has 2 nitrogen and oxygen atoms in total. The Kier molecular flexibility index (Phi) is 24.1. The molecule has 0 aliphatic carbocycles. The zero-order valence-electron chi connectivity index (χ0n) is 12.2. The van der Waals surface area contributed by atoms with Gasteiger partial charge >= 0.3 is 0 Å². The highest BCUT2D eigenvalue weighted by atomic mass is 16.2. The molecule has 0 aromatic heterocycles. The third-order valence-electron chi connectivity index (χ3n) is 2.81. The average Bonchev–Trinajstić information content (AvgIpc) is 2.33. The fourth-order valence-electron chi connectivity index (χ4n) is 1.81. The molecule has 0 heterocycles. The molecule has 0 spiro atoms. The number of hydrogen-bond donors (Lipinski definition) is 2. The number of rotatable bonds is 11. The van der Waals surface area contributed by atoms with Gasteiger partial charge in [0, 0.05) is 6.61 Å². The first-order chi connectivity index (χ1) is 8.33. The molecule has 0 saturated heterocycles. The first kappa shape index (κ1) is 19.3. The average molecular weight is 245 g/mol. The quantitative estimate of drug-likeness (QED) is 0.534. The maximum absolute atomic E-state index is 7.57. The summed E-state index contributed by atoms with van der Waals surface area (Å²) in [5.74, 6) is 0. The summed E-state index contributed by atoms with van der Waals surface area (Å²) in [5, 5.41) is 7.57. The summed E-state index contributed by atoms with van der Waals surface area (Å²) >= 11 is 0. The maximum Gasteiger partial charge on any atom is 0.0402 e. The Morgan fingerprint density at radius 2 is 0.941 bits per heavy atom. The van der Waals surface area contributed by atoms with Gasteiger partial charge in [0.25, 0.3) is 0 Å². The first-order valence-corrected chi connectivity index (χ1v) is 7.64. The number of aliphatic hydroxyl groups excluding tert-OH is 1. The van der Waals surface area contributed by atoms with Gasteiger partial charge in [-0.15, -0.1) is 0 Å². The molecule has 0 atom stereocenters. The SMILES string of the molecule is CCCCCCCCCCCCCN.CCO. The van der Waals surface area contributed by atoms with Crippen molar-refractivity contribution in [2.24, 2.45) is 5.73 Å². The van der Waals surface area contributed by atoms with Crippen LogP contribution in [0, 0.1) is 0 Å². The third-order valence-corrected chi connectivity index (χ3v) is 2.81. The van der Waals surface area contributed by atoms with Crippen LogP contribution in [0.15, 0.2) is 0 Å². The molecule has 0 fully saturated rings. The predicted octanol–water partition coefficient (Wildman–Crippen LogP) is 4.25. The van der Waals surface area contributed by atoms with E-state index in [1.807, 2.05) is 0 Å².